The van der Waals surface area contributed by atoms with Crippen LogP contribution in [0.1, 0.15) is 98.8 Å². The number of carbonyl (C=O) groups excluding carboxylic acids is 1. The zero-order chi connectivity index (χ0) is 28.8. The Bertz CT molecular complexity index is 861. The normalized spacial score (nSPS) is 41.3. The lowest BCUT2D eigenvalue weighted by atomic mass is 9.43. The van der Waals surface area contributed by atoms with Gasteiger partial charge in [0.15, 0.2) is 16.6 Å². The van der Waals surface area contributed by atoms with Gasteiger partial charge >= 0.3 is 5.97 Å². The Kier molecular flexibility index (Phi) is 9.64. The summed E-state index contributed by atoms with van der Waals surface area (Å²) in [6, 6.07) is 2.36. The molecule has 0 aromatic heterocycles. The second-order valence-electron chi connectivity index (χ2n) is 15.8. The van der Waals surface area contributed by atoms with E-state index in [1.807, 2.05) is 0 Å². The second-order valence-corrected chi connectivity index (χ2v) is 24.8. The predicted octanol–water partition coefficient (Wildman–Crippen LogP) is 9.06. The number of fused-ring (bicyclic) bond motifs is 5. The Morgan fingerprint density at radius 1 is 0.923 bits per heavy atom. The first-order valence-corrected chi connectivity index (χ1v) is 22.9. The molecular formula is C33H62O4Si2. The van der Waals surface area contributed by atoms with E-state index < -0.39 is 16.6 Å². The molecule has 4 aliphatic carbocycles. The van der Waals surface area contributed by atoms with Gasteiger partial charge in [-0.25, -0.2) is 0 Å². The van der Waals surface area contributed by atoms with Gasteiger partial charge in [0.1, 0.15) is 0 Å². The quantitative estimate of drug-likeness (QED) is 0.192. The molecule has 4 aliphatic rings. The molecule has 0 spiro atoms. The topological polar surface area (TPSA) is 44.8 Å². The highest BCUT2D eigenvalue weighted by Crippen LogP contribution is 2.69. The Labute approximate surface area is 243 Å². The molecule has 0 aromatic rings. The van der Waals surface area contributed by atoms with Gasteiger partial charge in [-0.1, -0.05) is 47.5 Å². The lowest BCUT2D eigenvalue weighted by Gasteiger charge is -2.65. The van der Waals surface area contributed by atoms with Crippen molar-refractivity contribution >= 4 is 22.6 Å². The van der Waals surface area contributed by atoms with E-state index in [1.165, 1.54) is 70.6 Å². The predicted molar refractivity (Wildman–Crippen MR) is 167 cm³/mol. The van der Waals surface area contributed by atoms with Gasteiger partial charge in [-0.05, 0) is 130 Å². The van der Waals surface area contributed by atoms with E-state index >= 15 is 0 Å². The monoisotopic (exact) mass is 578 g/mol. The fraction of sp³-hybridized carbons (Fsp3) is 0.970. The van der Waals surface area contributed by atoms with Gasteiger partial charge in [-0.15, -0.1) is 0 Å². The number of hydrogen-bond donors (Lipinski definition) is 0. The van der Waals surface area contributed by atoms with Crippen LogP contribution in [0.3, 0.4) is 0 Å². The van der Waals surface area contributed by atoms with Gasteiger partial charge in [0.2, 0.25) is 0 Å². The summed E-state index contributed by atoms with van der Waals surface area (Å²) in [4.78, 5) is 12.1. The number of hydrogen-bond acceptors (Lipinski definition) is 4. The fourth-order valence-electron chi connectivity index (χ4n) is 10.0. The third-order valence-corrected chi connectivity index (χ3v) is 18.3. The molecule has 4 rings (SSSR count). The van der Waals surface area contributed by atoms with Crippen LogP contribution in [-0.2, 0) is 18.4 Å². The molecule has 0 saturated heterocycles. The van der Waals surface area contributed by atoms with E-state index in [9.17, 15) is 4.79 Å². The van der Waals surface area contributed by atoms with Crippen molar-refractivity contribution in [2.45, 2.75) is 149 Å². The molecule has 0 radical (unpaired) electrons. The molecule has 4 nitrogen and oxygen atoms in total. The third kappa shape index (κ3) is 6.02. The molecule has 4 fully saturated rings. The van der Waals surface area contributed by atoms with Crippen molar-refractivity contribution in [3.05, 3.63) is 0 Å². The highest BCUT2D eigenvalue weighted by molar-refractivity contribution is 6.71. The molecule has 0 bridgehead atoms. The van der Waals surface area contributed by atoms with Gasteiger partial charge < -0.3 is 13.6 Å². The molecule has 0 amide bonds. The molecule has 39 heavy (non-hydrogen) atoms. The van der Waals surface area contributed by atoms with Crippen LogP contribution >= 0.6 is 0 Å². The van der Waals surface area contributed by atoms with Crippen molar-refractivity contribution in [1.82, 2.24) is 0 Å². The minimum atomic E-state index is -1.76. The van der Waals surface area contributed by atoms with Gasteiger partial charge in [0, 0.05) is 12.5 Å². The molecule has 6 heteroatoms. The molecular weight excluding hydrogens is 517 g/mol. The summed E-state index contributed by atoms with van der Waals surface area (Å²) in [7, 11) is -1.94. The minimum Gasteiger partial charge on any atom is -0.469 e. The summed E-state index contributed by atoms with van der Waals surface area (Å²) in [6.07, 6.45) is 12.8. The Morgan fingerprint density at radius 3 is 2.23 bits per heavy atom. The van der Waals surface area contributed by atoms with Crippen LogP contribution in [0.5, 0.6) is 0 Å². The standard InChI is InChI=1S/C33H62O4Si2/c1-11-38(7,8)36-28-21-24-15-13-14-20-32(24,4)27-22-29(37-39(9,10)12-2)33(5)25(17-18-26(33)31(27)28)23(3)16-19-30(34)35-6/h23-29,31H,11-22H2,1-10H3/t23-,24-,25-,26+,27+,28-,29+,31+,32+,33-/m1/s1. The van der Waals surface area contributed by atoms with E-state index in [2.05, 4.69) is 60.8 Å². The number of ether oxygens (including phenoxy) is 1. The Morgan fingerprint density at radius 2 is 1.59 bits per heavy atom. The summed E-state index contributed by atoms with van der Waals surface area (Å²) < 4.78 is 19.8. The average Bonchev–Trinajstić information content (AvgIpc) is 3.25. The van der Waals surface area contributed by atoms with Crippen LogP contribution in [0.25, 0.3) is 0 Å². The second kappa shape index (κ2) is 11.8. The van der Waals surface area contributed by atoms with Gasteiger partial charge in [0.05, 0.1) is 13.2 Å². The zero-order valence-corrected chi connectivity index (χ0v) is 29.2. The summed E-state index contributed by atoms with van der Waals surface area (Å²) in [5.41, 5.74) is 0.573. The molecule has 10 atom stereocenters. The maximum atomic E-state index is 12.1. The fourth-order valence-corrected chi connectivity index (χ4v) is 12.6. The molecule has 0 unspecified atom stereocenters. The Hall–Kier alpha value is -0.176. The van der Waals surface area contributed by atoms with E-state index in [4.69, 9.17) is 13.6 Å². The largest absolute Gasteiger partial charge is 0.469 e. The first-order chi connectivity index (χ1) is 18.2. The van der Waals surface area contributed by atoms with Crippen LogP contribution < -0.4 is 0 Å². The number of methoxy groups -OCH3 is 1. The summed E-state index contributed by atoms with van der Waals surface area (Å²) in [6.45, 7) is 22.2. The van der Waals surface area contributed by atoms with Gasteiger partial charge in [0.25, 0.3) is 0 Å². The molecule has 0 aromatic carbocycles. The molecule has 226 valence electrons. The lowest BCUT2D eigenvalue weighted by molar-refractivity contribution is -0.194. The summed E-state index contributed by atoms with van der Waals surface area (Å²) in [5.74, 6) is 3.83. The zero-order valence-electron chi connectivity index (χ0n) is 27.2. The highest BCUT2D eigenvalue weighted by atomic mass is 28.4. The summed E-state index contributed by atoms with van der Waals surface area (Å²) in [5, 5.41) is 0. The number of carbonyl (C=O) groups is 1. The third-order valence-electron chi connectivity index (χ3n) is 13.1. The highest BCUT2D eigenvalue weighted by Gasteiger charge is 2.66. The number of rotatable bonds is 10. The molecule has 4 saturated carbocycles. The van der Waals surface area contributed by atoms with Crippen LogP contribution in [0.15, 0.2) is 0 Å². The van der Waals surface area contributed by atoms with Crippen molar-refractivity contribution < 1.29 is 18.4 Å². The molecule has 0 N–H and O–H groups in total. The Balaban J connectivity index is 1.75. The first-order valence-electron chi connectivity index (χ1n) is 16.6. The molecule has 0 aliphatic heterocycles. The van der Waals surface area contributed by atoms with Crippen LogP contribution in [-0.4, -0.2) is 41.9 Å². The SMILES string of the molecule is CC[Si](C)(C)O[C@H]1C[C@H]2[C@@H]([C@H](O[Si](C)(C)CC)C[C@H]3CCCC[C@@]32C)[C@@H]2CC[C@H]([C@H](C)CCC(=O)OC)[C@@]12C. The van der Waals surface area contributed by atoms with E-state index in [1.54, 1.807) is 0 Å². The molecule has 0 heterocycles. The van der Waals surface area contributed by atoms with Crippen LogP contribution in [0, 0.1) is 46.3 Å². The van der Waals surface area contributed by atoms with Crippen molar-refractivity contribution in [3.63, 3.8) is 0 Å². The van der Waals surface area contributed by atoms with Crippen molar-refractivity contribution in [1.29, 1.82) is 0 Å². The van der Waals surface area contributed by atoms with Crippen molar-refractivity contribution in [2.75, 3.05) is 7.11 Å². The minimum absolute atomic E-state index is 0.0682. The maximum absolute atomic E-state index is 12.1. The van der Waals surface area contributed by atoms with Crippen LogP contribution in [0.4, 0.5) is 0 Å². The van der Waals surface area contributed by atoms with Crippen LogP contribution in [0.2, 0.25) is 38.3 Å². The van der Waals surface area contributed by atoms with Crippen molar-refractivity contribution in [3.8, 4) is 0 Å². The van der Waals surface area contributed by atoms with E-state index in [0.717, 1.165) is 12.3 Å². The van der Waals surface area contributed by atoms with Crippen molar-refractivity contribution in [2.24, 2.45) is 46.3 Å². The van der Waals surface area contributed by atoms with E-state index in [0.29, 0.717) is 53.6 Å². The maximum Gasteiger partial charge on any atom is 0.305 e. The summed E-state index contributed by atoms with van der Waals surface area (Å²) >= 11 is 0. The average molecular weight is 579 g/mol. The number of esters is 1. The van der Waals surface area contributed by atoms with E-state index in [-0.39, 0.29) is 11.4 Å². The first kappa shape index (κ1) is 31.8. The van der Waals surface area contributed by atoms with Gasteiger partial charge in [-0.2, -0.15) is 0 Å². The van der Waals surface area contributed by atoms with Gasteiger partial charge in [-0.3, -0.25) is 4.79 Å². The lowest BCUT2D eigenvalue weighted by Crippen LogP contribution is -2.64. The smallest absolute Gasteiger partial charge is 0.305 e.